The number of nitrogens with one attached hydrogen (secondary N) is 1. The fourth-order valence-corrected chi connectivity index (χ4v) is 2.90. The third-order valence-corrected chi connectivity index (χ3v) is 4.35. The van der Waals surface area contributed by atoms with Crippen molar-refractivity contribution in [1.29, 1.82) is 0 Å². The second-order valence-electron chi connectivity index (χ2n) is 5.54. The minimum atomic E-state index is -0.00178. The zero-order chi connectivity index (χ0) is 12.4. The Morgan fingerprint density at radius 1 is 1.18 bits per heavy atom. The SMILES string of the molecule is CC1CCC(N2CCC(=O)NCC2=O)CC1C. The van der Waals surface area contributed by atoms with E-state index in [9.17, 15) is 9.59 Å². The molecule has 96 valence electrons. The number of amides is 2. The van der Waals surface area contributed by atoms with Gasteiger partial charge in [0.15, 0.2) is 0 Å². The van der Waals surface area contributed by atoms with Crippen molar-refractivity contribution in [2.75, 3.05) is 13.1 Å². The van der Waals surface area contributed by atoms with Crippen LogP contribution in [0.15, 0.2) is 0 Å². The third-order valence-electron chi connectivity index (χ3n) is 4.35. The minimum Gasteiger partial charge on any atom is -0.347 e. The lowest BCUT2D eigenvalue weighted by atomic mass is 9.78. The Morgan fingerprint density at radius 3 is 2.65 bits per heavy atom. The monoisotopic (exact) mass is 238 g/mol. The van der Waals surface area contributed by atoms with Gasteiger partial charge < -0.3 is 10.2 Å². The van der Waals surface area contributed by atoms with Crippen LogP contribution in [-0.2, 0) is 9.59 Å². The van der Waals surface area contributed by atoms with Crippen LogP contribution in [0.25, 0.3) is 0 Å². The molecule has 1 saturated carbocycles. The average molecular weight is 238 g/mol. The van der Waals surface area contributed by atoms with Crippen molar-refractivity contribution in [3.8, 4) is 0 Å². The maximum Gasteiger partial charge on any atom is 0.242 e. The summed E-state index contributed by atoms with van der Waals surface area (Å²) in [4.78, 5) is 25.2. The zero-order valence-electron chi connectivity index (χ0n) is 10.7. The maximum absolute atomic E-state index is 12.0. The van der Waals surface area contributed by atoms with Crippen molar-refractivity contribution in [1.82, 2.24) is 10.2 Å². The molecule has 0 aromatic carbocycles. The van der Waals surface area contributed by atoms with Crippen LogP contribution in [0.1, 0.15) is 39.5 Å². The molecule has 2 aliphatic rings. The summed E-state index contributed by atoms with van der Waals surface area (Å²) < 4.78 is 0. The topological polar surface area (TPSA) is 49.4 Å². The summed E-state index contributed by atoms with van der Waals surface area (Å²) in [6, 6.07) is 0.349. The molecule has 0 aromatic rings. The van der Waals surface area contributed by atoms with Crippen molar-refractivity contribution in [2.45, 2.75) is 45.6 Å². The van der Waals surface area contributed by atoms with Crippen LogP contribution in [0.5, 0.6) is 0 Å². The Hall–Kier alpha value is -1.06. The summed E-state index contributed by atoms with van der Waals surface area (Å²) in [6.07, 6.45) is 3.82. The molecule has 3 atom stereocenters. The summed E-state index contributed by atoms with van der Waals surface area (Å²) in [5, 5.41) is 2.65. The molecular formula is C13H22N2O2. The van der Waals surface area contributed by atoms with Gasteiger partial charge in [0.25, 0.3) is 0 Å². The Morgan fingerprint density at radius 2 is 1.94 bits per heavy atom. The molecule has 2 fully saturated rings. The van der Waals surface area contributed by atoms with Crippen LogP contribution < -0.4 is 5.32 Å². The Bertz CT molecular complexity index is 317. The van der Waals surface area contributed by atoms with E-state index in [1.54, 1.807) is 0 Å². The summed E-state index contributed by atoms with van der Waals surface area (Å²) in [5.41, 5.74) is 0. The van der Waals surface area contributed by atoms with Gasteiger partial charge in [-0.1, -0.05) is 13.8 Å². The highest BCUT2D eigenvalue weighted by molar-refractivity contribution is 5.87. The first-order chi connectivity index (χ1) is 8.08. The molecule has 1 saturated heterocycles. The van der Waals surface area contributed by atoms with E-state index in [0.29, 0.717) is 24.9 Å². The molecule has 2 amide bonds. The average Bonchev–Trinajstić information content (AvgIpc) is 2.46. The molecule has 0 radical (unpaired) electrons. The lowest BCUT2D eigenvalue weighted by molar-refractivity contribution is -0.133. The number of carbonyl (C=O) groups is 2. The fraction of sp³-hybridized carbons (Fsp3) is 0.846. The number of hydrogen-bond acceptors (Lipinski definition) is 2. The molecule has 1 aliphatic heterocycles. The van der Waals surface area contributed by atoms with Crippen LogP contribution in [0.3, 0.4) is 0 Å². The fourth-order valence-electron chi connectivity index (χ4n) is 2.90. The van der Waals surface area contributed by atoms with Crippen LogP contribution in [0.4, 0.5) is 0 Å². The lowest BCUT2D eigenvalue weighted by Gasteiger charge is -2.38. The van der Waals surface area contributed by atoms with Crippen molar-refractivity contribution in [3.63, 3.8) is 0 Å². The van der Waals surface area contributed by atoms with E-state index in [1.807, 2.05) is 4.90 Å². The number of hydrogen-bond donors (Lipinski definition) is 1. The Balaban J connectivity index is 2.00. The van der Waals surface area contributed by atoms with Crippen molar-refractivity contribution >= 4 is 11.8 Å². The lowest BCUT2D eigenvalue weighted by Crippen LogP contribution is -2.45. The predicted octanol–water partition coefficient (Wildman–Crippen LogP) is 1.16. The van der Waals surface area contributed by atoms with Gasteiger partial charge in [-0.3, -0.25) is 9.59 Å². The maximum atomic E-state index is 12.0. The quantitative estimate of drug-likeness (QED) is 0.745. The van der Waals surface area contributed by atoms with Gasteiger partial charge in [-0.25, -0.2) is 0 Å². The van der Waals surface area contributed by atoms with Gasteiger partial charge >= 0.3 is 0 Å². The number of carbonyl (C=O) groups excluding carboxylic acids is 2. The largest absolute Gasteiger partial charge is 0.347 e. The Kier molecular flexibility index (Phi) is 3.69. The predicted molar refractivity (Wildman–Crippen MR) is 65.3 cm³/mol. The van der Waals surface area contributed by atoms with Gasteiger partial charge in [0, 0.05) is 19.0 Å². The van der Waals surface area contributed by atoms with Crippen molar-refractivity contribution in [3.05, 3.63) is 0 Å². The Labute approximate surface area is 103 Å². The summed E-state index contributed by atoms with van der Waals surface area (Å²) >= 11 is 0. The van der Waals surface area contributed by atoms with Crippen molar-refractivity contribution in [2.24, 2.45) is 11.8 Å². The second-order valence-corrected chi connectivity index (χ2v) is 5.54. The van der Waals surface area contributed by atoms with Crippen LogP contribution in [0.2, 0.25) is 0 Å². The molecule has 0 spiro atoms. The van der Waals surface area contributed by atoms with Gasteiger partial charge in [0.05, 0.1) is 6.54 Å². The highest BCUT2D eigenvalue weighted by Gasteiger charge is 2.32. The molecular weight excluding hydrogens is 216 g/mol. The van der Waals surface area contributed by atoms with Crippen LogP contribution in [0, 0.1) is 11.8 Å². The minimum absolute atomic E-state index is 0.00178. The van der Waals surface area contributed by atoms with Gasteiger partial charge in [-0.2, -0.15) is 0 Å². The van der Waals surface area contributed by atoms with E-state index in [4.69, 9.17) is 0 Å². The van der Waals surface area contributed by atoms with E-state index in [-0.39, 0.29) is 18.4 Å². The van der Waals surface area contributed by atoms with Crippen molar-refractivity contribution < 1.29 is 9.59 Å². The molecule has 1 heterocycles. The summed E-state index contributed by atoms with van der Waals surface area (Å²) in [7, 11) is 0. The zero-order valence-corrected chi connectivity index (χ0v) is 10.7. The number of nitrogens with zero attached hydrogens (tertiary/aromatic N) is 1. The van der Waals surface area contributed by atoms with E-state index in [2.05, 4.69) is 19.2 Å². The first-order valence-electron chi connectivity index (χ1n) is 6.64. The molecule has 0 bridgehead atoms. The molecule has 4 nitrogen and oxygen atoms in total. The first kappa shape index (κ1) is 12.4. The van der Waals surface area contributed by atoms with E-state index < -0.39 is 0 Å². The van der Waals surface area contributed by atoms with Gasteiger partial charge in [-0.15, -0.1) is 0 Å². The van der Waals surface area contributed by atoms with Gasteiger partial charge in [-0.05, 0) is 31.1 Å². The smallest absolute Gasteiger partial charge is 0.242 e. The molecule has 4 heteroatoms. The van der Waals surface area contributed by atoms with Crippen LogP contribution in [-0.4, -0.2) is 35.8 Å². The molecule has 2 rings (SSSR count). The molecule has 3 unspecified atom stereocenters. The second kappa shape index (κ2) is 5.07. The molecule has 1 N–H and O–H groups in total. The highest BCUT2D eigenvalue weighted by Crippen LogP contribution is 2.32. The van der Waals surface area contributed by atoms with E-state index >= 15 is 0 Å². The molecule has 17 heavy (non-hydrogen) atoms. The molecule has 0 aromatic heterocycles. The standard InChI is InChI=1S/C13H22N2O2/c1-9-3-4-11(7-10(9)2)15-6-5-12(16)14-8-13(15)17/h9-11H,3-8H2,1-2H3,(H,14,16). The summed E-state index contributed by atoms with van der Waals surface area (Å²) in [6.45, 7) is 5.33. The van der Waals surface area contributed by atoms with E-state index in [0.717, 1.165) is 18.8 Å². The third kappa shape index (κ3) is 2.79. The first-order valence-corrected chi connectivity index (χ1v) is 6.64. The molecule has 1 aliphatic carbocycles. The number of rotatable bonds is 1. The van der Waals surface area contributed by atoms with Gasteiger partial charge in [0.1, 0.15) is 0 Å². The summed E-state index contributed by atoms with van der Waals surface area (Å²) in [5.74, 6) is 1.52. The normalized spacial score (nSPS) is 35.4. The van der Waals surface area contributed by atoms with Crippen LogP contribution >= 0.6 is 0 Å². The highest BCUT2D eigenvalue weighted by atomic mass is 16.2. The van der Waals surface area contributed by atoms with E-state index in [1.165, 1.54) is 6.42 Å². The van der Waals surface area contributed by atoms with Gasteiger partial charge in [0.2, 0.25) is 11.8 Å².